The van der Waals surface area contributed by atoms with Gasteiger partial charge in [0, 0.05) is 24.4 Å². The zero-order valence-corrected chi connectivity index (χ0v) is 14.4. The number of hydrogen-bond acceptors (Lipinski definition) is 6. The fraction of sp³-hybridized carbons (Fsp3) is 0.375. The number of esters is 1. The van der Waals surface area contributed by atoms with Gasteiger partial charge in [0.15, 0.2) is 5.82 Å². The third kappa shape index (κ3) is 5.30. The Morgan fingerprint density at radius 2 is 2.12 bits per heavy atom. The standard InChI is InChI=1S/C16H18F3N5O2/c1-4-20-13-8-11(7-12(22-13)16(17,18)19)15-21-9-24(23-15)6-5-14(25)26-10(2)3/h5-10H,4H2,1-3H3,(H,20,22). The Bertz CT molecular complexity index is 799. The summed E-state index contributed by atoms with van der Waals surface area (Å²) in [5.41, 5.74) is -0.890. The molecule has 0 aromatic carbocycles. The van der Waals surface area contributed by atoms with Crippen LogP contribution in [0.2, 0.25) is 0 Å². The molecule has 0 aliphatic rings. The van der Waals surface area contributed by atoms with E-state index in [1.165, 1.54) is 23.3 Å². The molecule has 0 unspecified atom stereocenters. The predicted octanol–water partition coefficient (Wildman–Crippen LogP) is 3.21. The molecule has 0 aliphatic carbocycles. The van der Waals surface area contributed by atoms with E-state index in [2.05, 4.69) is 20.4 Å². The van der Waals surface area contributed by atoms with Crippen LogP contribution in [0, 0.1) is 0 Å². The first-order valence-corrected chi connectivity index (χ1v) is 7.82. The monoisotopic (exact) mass is 369 g/mol. The topological polar surface area (TPSA) is 81.9 Å². The Balaban J connectivity index is 2.29. The minimum absolute atomic E-state index is 0.0685. The molecule has 2 rings (SSSR count). The first kappa shape index (κ1) is 19.4. The first-order valence-electron chi connectivity index (χ1n) is 7.82. The van der Waals surface area contributed by atoms with Gasteiger partial charge in [-0.1, -0.05) is 0 Å². The van der Waals surface area contributed by atoms with Crippen molar-refractivity contribution >= 4 is 18.0 Å². The largest absolute Gasteiger partial charge is 0.460 e. The van der Waals surface area contributed by atoms with Crippen molar-refractivity contribution in [2.24, 2.45) is 0 Å². The van der Waals surface area contributed by atoms with E-state index in [4.69, 9.17) is 4.74 Å². The number of alkyl halides is 3. The summed E-state index contributed by atoms with van der Waals surface area (Å²) in [5, 5.41) is 6.79. The van der Waals surface area contributed by atoms with Gasteiger partial charge in [-0.2, -0.15) is 13.2 Å². The number of anilines is 1. The molecule has 0 atom stereocenters. The molecule has 1 N–H and O–H groups in total. The van der Waals surface area contributed by atoms with Gasteiger partial charge >= 0.3 is 12.1 Å². The van der Waals surface area contributed by atoms with Gasteiger partial charge in [0.2, 0.25) is 0 Å². The molecule has 10 heteroatoms. The lowest BCUT2D eigenvalue weighted by molar-refractivity contribution is -0.142. The Morgan fingerprint density at radius 1 is 1.38 bits per heavy atom. The van der Waals surface area contributed by atoms with Gasteiger partial charge < -0.3 is 10.1 Å². The van der Waals surface area contributed by atoms with Gasteiger partial charge in [0.05, 0.1) is 6.10 Å². The summed E-state index contributed by atoms with van der Waals surface area (Å²) < 4.78 is 45.2. The van der Waals surface area contributed by atoms with Gasteiger partial charge in [-0.15, -0.1) is 5.10 Å². The molecular weight excluding hydrogens is 351 g/mol. The van der Waals surface area contributed by atoms with Crippen LogP contribution in [0.5, 0.6) is 0 Å². The number of rotatable bonds is 6. The maximum atomic E-state index is 13.0. The number of halogens is 3. The number of pyridine rings is 1. The summed E-state index contributed by atoms with van der Waals surface area (Å²) in [7, 11) is 0. The minimum atomic E-state index is -4.59. The summed E-state index contributed by atoms with van der Waals surface area (Å²) in [6.07, 6.45) is -1.13. The first-order chi connectivity index (χ1) is 12.2. The molecule has 0 aliphatic heterocycles. The molecule has 0 saturated heterocycles. The van der Waals surface area contributed by atoms with E-state index >= 15 is 0 Å². The van der Waals surface area contributed by atoms with E-state index in [1.807, 2.05) is 0 Å². The summed E-state index contributed by atoms with van der Waals surface area (Å²) in [5.74, 6) is -0.418. The van der Waals surface area contributed by atoms with Crippen LogP contribution in [-0.4, -0.2) is 38.4 Å². The van der Waals surface area contributed by atoms with Gasteiger partial charge in [-0.3, -0.25) is 0 Å². The fourth-order valence-corrected chi connectivity index (χ4v) is 1.96. The third-order valence-corrected chi connectivity index (χ3v) is 2.96. The van der Waals surface area contributed by atoms with E-state index < -0.39 is 17.8 Å². The van der Waals surface area contributed by atoms with Crippen LogP contribution in [0.15, 0.2) is 24.5 Å². The van der Waals surface area contributed by atoms with Crippen LogP contribution in [0.4, 0.5) is 19.0 Å². The molecule has 0 radical (unpaired) electrons. The van der Waals surface area contributed by atoms with Crippen molar-refractivity contribution in [2.75, 3.05) is 11.9 Å². The van der Waals surface area contributed by atoms with Gasteiger partial charge in [-0.25, -0.2) is 19.4 Å². The van der Waals surface area contributed by atoms with Crippen molar-refractivity contribution < 1.29 is 22.7 Å². The van der Waals surface area contributed by atoms with E-state index in [0.29, 0.717) is 6.54 Å². The van der Waals surface area contributed by atoms with Crippen LogP contribution in [-0.2, 0) is 15.7 Å². The molecule has 2 aromatic heterocycles. The smallest absolute Gasteiger partial charge is 0.433 e. The lowest BCUT2D eigenvalue weighted by atomic mass is 10.2. The highest BCUT2D eigenvalue weighted by atomic mass is 19.4. The highest BCUT2D eigenvalue weighted by molar-refractivity contribution is 5.85. The second kappa shape index (κ2) is 7.98. The summed E-state index contributed by atoms with van der Waals surface area (Å²) >= 11 is 0. The molecule has 0 spiro atoms. The van der Waals surface area contributed by atoms with Crippen LogP contribution >= 0.6 is 0 Å². The van der Waals surface area contributed by atoms with Crippen molar-refractivity contribution in [2.45, 2.75) is 33.1 Å². The number of carbonyl (C=O) groups excluding carboxylic acids is 1. The van der Waals surface area contributed by atoms with Gasteiger partial charge in [0.25, 0.3) is 0 Å². The Morgan fingerprint density at radius 3 is 2.73 bits per heavy atom. The van der Waals surface area contributed by atoms with Gasteiger partial charge in [-0.05, 0) is 32.9 Å². The fourth-order valence-electron chi connectivity index (χ4n) is 1.96. The van der Waals surface area contributed by atoms with Crippen LogP contribution in [0.1, 0.15) is 26.5 Å². The normalized spacial score (nSPS) is 12.0. The summed E-state index contributed by atoms with van der Waals surface area (Å²) in [4.78, 5) is 19.0. The van der Waals surface area contributed by atoms with Crippen molar-refractivity contribution in [3.63, 3.8) is 0 Å². The third-order valence-electron chi connectivity index (χ3n) is 2.96. The lowest BCUT2D eigenvalue weighted by Crippen LogP contribution is -2.11. The summed E-state index contributed by atoms with van der Waals surface area (Å²) in [6.45, 7) is 5.58. The van der Waals surface area contributed by atoms with E-state index in [9.17, 15) is 18.0 Å². The molecule has 140 valence electrons. The zero-order valence-electron chi connectivity index (χ0n) is 14.4. The molecule has 0 amide bonds. The highest BCUT2D eigenvalue weighted by Gasteiger charge is 2.33. The van der Waals surface area contributed by atoms with Crippen molar-refractivity contribution in [3.8, 4) is 11.4 Å². The molecule has 0 saturated carbocycles. The zero-order chi connectivity index (χ0) is 19.3. The molecular formula is C16H18F3N5O2. The van der Waals surface area contributed by atoms with Crippen LogP contribution in [0.25, 0.3) is 17.6 Å². The Hall–Kier alpha value is -2.91. The van der Waals surface area contributed by atoms with E-state index in [0.717, 1.165) is 12.1 Å². The molecule has 2 heterocycles. The summed E-state index contributed by atoms with van der Waals surface area (Å²) in [6, 6.07) is 2.30. The second-order valence-electron chi connectivity index (χ2n) is 5.50. The van der Waals surface area contributed by atoms with Gasteiger partial charge in [0.1, 0.15) is 17.8 Å². The van der Waals surface area contributed by atoms with E-state index in [-0.39, 0.29) is 23.3 Å². The molecule has 26 heavy (non-hydrogen) atoms. The Labute approximate surface area is 147 Å². The number of nitrogens with zero attached hydrogens (tertiary/aromatic N) is 4. The molecule has 0 fully saturated rings. The number of nitrogens with one attached hydrogen (secondary N) is 1. The number of carbonyl (C=O) groups is 1. The quantitative estimate of drug-likeness (QED) is 0.622. The number of hydrogen-bond donors (Lipinski definition) is 1. The second-order valence-corrected chi connectivity index (χ2v) is 5.50. The molecule has 7 nitrogen and oxygen atoms in total. The average molecular weight is 369 g/mol. The van der Waals surface area contributed by atoms with Crippen molar-refractivity contribution in [1.29, 1.82) is 0 Å². The Kier molecular flexibility index (Phi) is 5.96. The lowest BCUT2D eigenvalue weighted by Gasteiger charge is -2.10. The van der Waals surface area contributed by atoms with Crippen molar-refractivity contribution in [3.05, 3.63) is 30.2 Å². The van der Waals surface area contributed by atoms with Crippen LogP contribution < -0.4 is 5.32 Å². The minimum Gasteiger partial charge on any atom is -0.460 e. The predicted molar refractivity (Wildman–Crippen MR) is 89.0 cm³/mol. The van der Waals surface area contributed by atoms with E-state index in [1.54, 1.807) is 20.8 Å². The average Bonchev–Trinajstić information content (AvgIpc) is 3.00. The molecule has 0 bridgehead atoms. The number of aromatic nitrogens is 4. The van der Waals surface area contributed by atoms with Crippen molar-refractivity contribution in [1.82, 2.24) is 19.7 Å². The highest BCUT2D eigenvalue weighted by Crippen LogP contribution is 2.31. The maximum Gasteiger partial charge on any atom is 0.433 e. The number of ether oxygens (including phenoxy) is 1. The maximum absolute atomic E-state index is 13.0. The SMILES string of the molecule is CCNc1cc(-c2ncn(C=CC(=O)OC(C)C)n2)cc(C(F)(F)F)n1. The molecule has 2 aromatic rings. The van der Waals surface area contributed by atoms with Crippen LogP contribution in [0.3, 0.4) is 0 Å².